The first-order valence-electron chi connectivity index (χ1n) is 8.59. The Morgan fingerprint density at radius 1 is 1.23 bits per heavy atom. The van der Waals surface area contributed by atoms with Crippen molar-refractivity contribution < 1.29 is 9.18 Å². The summed E-state index contributed by atoms with van der Waals surface area (Å²) in [5.74, 6) is -0.141. The van der Waals surface area contributed by atoms with E-state index in [4.69, 9.17) is 0 Å². The topological polar surface area (TPSA) is 20.3 Å². The van der Waals surface area contributed by atoms with Crippen molar-refractivity contribution in [1.82, 2.24) is 4.90 Å². The van der Waals surface area contributed by atoms with Crippen LogP contribution in [0.5, 0.6) is 0 Å². The van der Waals surface area contributed by atoms with Gasteiger partial charge in [-0.2, -0.15) is 0 Å². The second-order valence-electron chi connectivity index (χ2n) is 6.68. The Kier molecular flexibility index (Phi) is 6.41. The van der Waals surface area contributed by atoms with Crippen LogP contribution >= 0.6 is 0 Å². The molecule has 0 spiro atoms. The molecule has 1 aliphatic rings. The zero-order valence-electron chi connectivity index (χ0n) is 13.9. The fraction of sp³-hybridized carbons (Fsp3) is 0.632. The Morgan fingerprint density at radius 2 is 1.86 bits per heavy atom. The van der Waals surface area contributed by atoms with Gasteiger partial charge in [0.2, 0.25) is 5.91 Å². The first-order valence-corrected chi connectivity index (χ1v) is 8.59. The summed E-state index contributed by atoms with van der Waals surface area (Å²) < 4.78 is 13.3. The highest BCUT2D eigenvalue weighted by Crippen LogP contribution is 2.22. The Balaban J connectivity index is 1.93. The molecule has 1 atom stereocenters. The maximum Gasteiger partial charge on any atom is 0.225 e. The van der Waals surface area contributed by atoms with Crippen LogP contribution in [0, 0.1) is 11.7 Å². The lowest BCUT2D eigenvalue weighted by Gasteiger charge is -2.31. The molecular formula is C19H28FNO. The lowest BCUT2D eigenvalue weighted by atomic mass is 9.94. The molecule has 1 fully saturated rings. The number of carbonyl (C=O) groups excluding carboxylic acids is 1. The van der Waals surface area contributed by atoms with E-state index in [9.17, 15) is 9.18 Å². The monoisotopic (exact) mass is 305 g/mol. The van der Waals surface area contributed by atoms with Crippen molar-refractivity contribution in [2.75, 3.05) is 7.05 Å². The molecule has 2 rings (SSSR count). The maximum atomic E-state index is 13.3. The highest BCUT2D eigenvalue weighted by Gasteiger charge is 2.24. The molecule has 0 aromatic heterocycles. The predicted octanol–water partition coefficient (Wildman–Crippen LogP) is 4.58. The fourth-order valence-electron chi connectivity index (χ4n) is 3.45. The normalized spacial score (nSPS) is 18.3. The van der Waals surface area contributed by atoms with E-state index in [0.29, 0.717) is 12.5 Å². The number of amides is 1. The summed E-state index contributed by atoms with van der Waals surface area (Å²) >= 11 is 0. The van der Waals surface area contributed by atoms with Crippen LogP contribution in [0.1, 0.15) is 57.4 Å². The van der Waals surface area contributed by atoms with E-state index in [-0.39, 0.29) is 17.6 Å². The third-order valence-corrected chi connectivity index (χ3v) is 4.82. The second-order valence-corrected chi connectivity index (χ2v) is 6.68. The minimum atomic E-state index is -0.231. The number of nitrogens with zero attached hydrogens (tertiary/aromatic N) is 1. The average molecular weight is 305 g/mol. The van der Waals surface area contributed by atoms with Crippen LogP contribution in [-0.4, -0.2) is 23.9 Å². The van der Waals surface area contributed by atoms with Crippen molar-refractivity contribution in [1.29, 1.82) is 0 Å². The summed E-state index contributed by atoms with van der Waals surface area (Å²) in [5, 5.41) is 0. The van der Waals surface area contributed by atoms with Crippen molar-refractivity contribution in [2.24, 2.45) is 5.92 Å². The molecule has 1 aromatic rings. The number of benzene rings is 1. The van der Waals surface area contributed by atoms with E-state index in [0.717, 1.165) is 18.4 Å². The van der Waals surface area contributed by atoms with Gasteiger partial charge >= 0.3 is 0 Å². The van der Waals surface area contributed by atoms with Crippen LogP contribution < -0.4 is 0 Å². The standard InChI is InChI=1S/C19H28FNO/c1-15(13-16-9-8-10-17(20)14-16)19(22)21(2)18-11-6-4-3-5-7-12-18/h8-10,14-15,18H,3-7,11-13H2,1-2H3. The van der Waals surface area contributed by atoms with Crippen LogP contribution in [0.4, 0.5) is 4.39 Å². The van der Waals surface area contributed by atoms with E-state index < -0.39 is 0 Å². The quantitative estimate of drug-likeness (QED) is 0.797. The molecule has 2 nitrogen and oxygen atoms in total. The predicted molar refractivity (Wildman–Crippen MR) is 88.1 cm³/mol. The summed E-state index contributed by atoms with van der Waals surface area (Å²) in [5.41, 5.74) is 0.895. The first kappa shape index (κ1) is 17.0. The molecular weight excluding hydrogens is 277 g/mol. The fourth-order valence-corrected chi connectivity index (χ4v) is 3.45. The number of halogens is 1. The van der Waals surface area contributed by atoms with Gasteiger partial charge in [0.1, 0.15) is 5.82 Å². The highest BCUT2D eigenvalue weighted by atomic mass is 19.1. The molecule has 1 saturated carbocycles. The molecule has 0 bridgehead atoms. The van der Waals surface area contributed by atoms with Crippen LogP contribution in [-0.2, 0) is 11.2 Å². The van der Waals surface area contributed by atoms with Gasteiger partial charge in [0.25, 0.3) is 0 Å². The van der Waals surface area contributed by atoms with Gasteiger partial charge in [0.05, 0.1) is 0 Å². The third kappa shape index (κ3) is 4.82. The molecule has 0 aliphatic heterocycles. The van der Waals surface area contributed by atoms with E-state index in [2.05, 4.69) is 0 Å². The van der Waals surface area contributed by atoms with Crippen molar-refractivity contribution >= 4 is 5.91 Å². The molecule has 1 amide bonds. The summed E-state index contributed by atoms with van der Waals surface area (Å²) in [6.07, 6.45) is 9.20. The van der Waals surface area contributed by atoms with Crippen molar-refractivity contribution in [3.8, 4) is 0 Å². The van der Waals surface area contributed by atoms with Gasteiger partial charge in [-0.1, -0.05) is 51.2 Å². The average Bonchev–Trinajstić information content (AvgIpc) is 2.45. The van der Waals surface area contributed by atoms with Gasteiger partial charge in [-0.15, -0.1) is 0 Å². The maximum absolute atomic E-state index is 13.3. The Bertz CT molecular complexity index is 480. The highest BCUT2D eigenvalue weighted by molar-refractivity contribution is 5.78. The molecule has 0 N–H and O–H groups in total. The van der Waals surface area contributed by atoms with Crippen LogP contribution in [0.25, 0.3) is 0 Å². The largest absolute Gasteiger partial charge is 0.343 e. The molecule has 0 heterocycles. The van der Waals surface area contributed by atoms with E-state index in [1.807, 2.05) is 24.9 Å². The summed E-state index contributed by atoms with van der Waals surface area (Å²) in [7, 11) is 1.94. The molecule has 0 radical (unpaired) electrons. The molecule has 122 valence electrons. The van der Waals surface area contributed by atoms with Crippen LogP contribution in [0.2, 0.25) is 0 Å². The summed E-state index contributed by atoms with van der Waals surface area (Å²) in [4.78, 5) is 14.6. The number of rotatable bonds is 4. The third-order valence-electron chi connectivity index (χ3n) is 4.82. The smallest absolute Gasteiger partial charge is 0.225 e. The van der Waals surface area contributed by atoms with Gasteiger partial charge in [0.15, 0.2) is 0 Å². The minimum Gasteiger partial charge on any atom is -0.343 e. The lowest BCUT2D eigenvalue weighted by Crippen LogP contribution is -2.40. The number of hydrogen-bond donors (Lipinski definition) is 0. The second kappa shape index (κ2) is 8.30. The van der Waals surface area contributed by atoms with Gasteiger partial charge in [-0.05, 0) is 37.0 Å². The molecule has 1 aliphatic carbocycles. The van der Waals surface area contributed by atoms with Gasteiger partial charge < -0.3 is 4.90 Å². The van der Waals surface area contributed by atoms with Crippen molar-refractivity contribution in [2.45, 2.75) is 64.3 Å². The summed E-state index contributed by atoms with van der Waals surface area (Å²) in [6.45, 7) is 1.95. The van der Waals surface area contributed by atoms with E-state index in [1.54, 1.807) is 6.07 Å². The molecule has 0 saturated heterocycles. The molecule has 22 heavy (non-hydrogen) atoms. The van der Waals surface area contributed by atoms with Gasteiger partial charge in [-0.3, -0.25) is 4.79 Å². The number of carbonyl (C=O) groups is 1. The first-order chi connectivity index (χ1) is 10.6. The minimum absolute atomic E-state index is 0.0998. The SMILES string of the molecule is CC(Cc1cccc(F)c1)C(=O)N(C)C1CCCCCCC1. The Hall–Kier alpha value is -1.38. The van der Waals surface area contributed by atoms with Crippen LogP contribution in [0.15, 0.2) is 24.3 Å². The van der Waals surface area contributed by atoms with Gasteiger partial charge in [-0.25, -0.2) is 4.39 Å². The Labute approximate surface area is 133 Å². The summed E-state index contributed by atoms with van der Waals surface area (Å²) in [6, 6.07) is 6.95. The van der Waals surface area contributed by atoms with E-state index in [1.165, 1.54) is 44.2 Å². The van der Waals surface area contributed by atoms with Crippen molar-refractivity contribution in [3.05, 3.63) is 35.6 Å². The lowest BCUT2D eigenvalue weighted by molar-refractivity contribution is -0.136. The van der Waals surface area contributed by atoms with Crippen molar-refractivity contribution in [3.63, 3.8) is 0 Å². The van der Waals surface area contributed by atoms with E-state index >= 15 is 0 Å². The number of hydrogen-bond acceptors (Lipinski definition) is 1. The molecule has 1 aromatic carbocycles. The van der Waals surface area contributed by atoms with Gasteiger partial charge in [0, 0.05) is 19.0 Å². The molecule has 3 heteroatoms. The Morgan fingerprint density at radius 3 is 2.50 bits per heavy atom. The molecule has 1 unspecified atom stereocenters. The van der Waals surface area contributed by atoms with Crippen LogP contribution in [0.3, 0.4) is 0 Å². The zero-order chi connectivity index (χ0) is 15.9. The zero-order valence-corrected chi connectivity index (χ0v) is 13.9.